The zero-order valence-corrected chi connectivity index (χ0v) is 22.2. The summed E-state index contributed by atoms with van der Waals surface area (Å²) in [5.74, 6) is 0. The van der Waals surface area contributed by atoms with Gasteiger partial charge in [0.15, 0.2) is 25.0 Å². The SMILES string of the molecule is C[C@@H]1O[C@@H](O)[C@@H](O)[C@H](O[C@@H]2O[C@@H](C)[C@@H](O[C@@H]3O[C@@H](C)[C@@H](OS(=O)(=O)O)[C@@H](O)[C@@H]3O)[C@@H](O)[C@@H]2OS(=O)(=O)O)[C@@H]1O. The van der Waals surface area contributed by atoms with Crippen molar-refractivity contribution in [2.75, 3.05) is 0 Å². The van der Waals surface area contributed by atoms with Gasteiger partial charge in [0, 0.05) is 0 Å². The summed E-state index contributed by atoms with van der Waals surface area (Å²) in [6.07, 6.45) is -25.9. The van der Waals surface area contributed by atoms with Crippen LogP contribution in [0.15, 0.2) is 0 Å². The van der Waals surface area contributed by atoms with Crippen LogP contribution in [0.2, 0.25) is 0 Å². The lowest BCUT2D eigenvalue weighted by Crippen LogP contribution is -2.65. The van der Waals surface area contributed by atoms with E-state index in [-0.39, 0.29) is 0 Å². The van der Waals surface area contributed by atoms with E-state index in [9.17, 15) is 52.0 Å². The summed E-state index contributed by atoms with van der Waals surface area (Å²) in [7, 11) is -10.4. The van der Waals surface area contributed by atoms with Gasteiger partial charge in [-0.05, 0) is 20.8 Å². The molecule has 3 saturated heterocycles. The molecule has 21 heteroatoms. The third-order valence-corrected chi connectivity index (χ3v) is 7.31. The van der Waals surface area contributed by atoms with Crippen LogP contribution in [0.5, 0.6) is 0 Å². The molecule has 19 nitrogen and oxygen atoms in total. The number of hydrogen-bond acceptors (Lipinski definition) is 17. The van der Waals surface area contributed by atoms with Crippen molar-refractivity contribution in [1.29, 1.82) is 0 Å². The Hall–Kier alpha value is -0.700. The van der Waals surface area contributed by atoms with Crippen molar-refractivity contribution in [3.8, 4) is 0 Å². The molecule has 0 aliphatic carbocycles. The predicted molar refractivity (Wildman–Crippen MR) is 118 cm³/mol. The van der Waals surface area contributed by atoms with Crippen LogP contribution in [0, 0.1) is 0 Å². The average Bonchev–Trinajstić information content (AvgIpc) is 2.80. The van der Waals surface area contributed by atoms with Crippen LogP contribution in [-0.4, -0.2) is 149 Å². The highest BCUT2D eigenvalue weighted by Gasteiger charge is 2.54. The summed E-state index contributed by atoms with van der Waals surface area (Å²) in [6, 6.07) is 0. The summed E-state index contributed by atoms with van der Waals surface area (Å²) >= 11 is 0. The van der Waals surface area contributed by atoms with Crippen LogP contribution in [-0.2, 0) is 52.8 Å². The monoisotopic (exact) mass is 616 g/mol. The molecule has 0 saturated carbocycles. The fourth-order valence-electron chi connectivity index (χ4n) is 4.41. The molecule has 0 unspecified atom stereocenters. The molecular weight excluding hydrogens is 584 g/mol. The van der Waals surface area contributed by atoms with Crippen LogP contribution in [0.4, 0.5) is 0 Å². The number of aliphatic hydroxyl groups is 6. The first-order chi connectivity index (χ1) is 17.8. The molecule has 3 aliphatic heterocycles. The summed E-state index contributed by atoms with van der Waals surface area (Å²) in [5.41, 5.74) is 0. The molecular formula is C18H32O19S2. The Bertz CT molecular complexity index is 1020. The molecule has 3 rings (SSSR count). The van der Waals surface area contributed by atoms with Gasteiger partial charge in [-0.15, -0.1) is 0 Å². The van der Waals surface area contributed by atoms with Crippen LogP contribution >= 0.6 is 0 Å². The molecule has 0 aromatic heterocycles. The fraction of sp³-hybridized carbons (Fsp3) is 1.00. The third kappa shape index (κ3) is 7.78. The number of aliphatic hydroxyl groups excluding tert-OH is 6. The maximum Gasteiger partial charge on any atom is 0.397 e. The molecule has 3 heterocycles. The molecule has 0 spiro atoms. The van der Waals surface area contributed by atoms with E-state index in [1.807, 2.05) is 0 Å². The van der Waals surface area contributed by atoms with E-state index < -0.39 is 113 Å². The Morgan fingerprint density at radius 1 is 0.513 bits per heavy atom. The van der Waals surface area contributed by atoms with Gasteiger partial charge in [-0.3, -0.25) is 9.11 Å². The van der Waals surface area contributed by atoms with Crippen LogP contribution < -0.4 is 0 Å². The zero-order chi connectivity index (χ0) is 29.6. The number of hydrogen-bond donors (Lipinski definition) is 8. The van der Waals surface area contributed by atoms with Gasteiger partial charge in [-0.2, -0.15) is 16.8 Å². The number of rotatable bonds is 8. The molecule has 3 aliphatic rings. The highest BCUT2D eigenvalue weighted by Crippen LogP contribution is 2.34. The average molecular weight is 617 g/mol. The van der Waals surface area contributed by atoms with Crippen molar-refractivity contribution in [1.82, 2.24) is 0 Å². The van der Waals surface area contributed by atoms with E-state index >= 15 is 0 Å². The molecule has 39 heavy (non-hydrogen) atoms. The minimum Gasteiger partial charge on any atom is -0.388 e. The second-order valence-corrected chi connectivity index (χ2v) is 11.4. The molecule has 230 valence electrons. The number of ether oxygens (including phenoxy) is 5. The third-order valence-electron chi connectivity index (χ3n) is 6.38. The first-order valence-electron chi connectivity index (χ1n) is 11.5. The first-order valence-corrected chi connectivity index (χ1v) is 14.2. The quantitative estimate of drug-likeness (QED) is 0.119. The van der Waals surface area contributed by atoms with Crippen molar-refractivity contribution in [2.45, 2.75) is 113 Å². The molecule has 0 aromatic carbocycles. The summed E-state index contributed by atoms with van der Waals surface area (Å²) < 4.78 is 98.8. The van der Waals surface area contributed by atoms with Gasteiger partial charge in [-0.25, -0.2) is 8.37 Å². The van der Waals surface area contributed by atoms with E-state index in [1.54, 1.807) is 0 Å². The van der Waals surface area contributed by atoms with Crippen molar-refractivity contribution < 1.29 is 88.6 Å². The van der Waals surface area contributed by atoms with Crippen LogP contribution in [0.25, 0.3) is 0 Å². The van der Waals surface area contributed by atoms with Gasteiger partial charge >= 0.3 is 20.8 Å². The Kier molecular flexibility index (Phi) is 10.3. The predicted octanol–water partition coefficient (Wildman–Crippen LogP) is -4.84. The minimum absolute atomic E-state index is 1.07. The second kappa shape index (κ2) is 12.3. The molecule has 0 aromatic rings. The molecule has 0 amide bonds. The maximum absolute atomic E-state index is 11.5. The topological polar surface area (TPSA) is 295 Å². The van der Waals surface area contributed by atoms with Crippen molar-refractivity contribution in [3.63, 3.8) is 0 Å². The Morgan fingerprint density at radius 2 is 1.00 bits per heavy atom. The minimum atomic E-state index is -5.30. The smallest absolute Gasteiger partial charge is 0.388 e. The summed E-state index contributed by atoms with van der Waals surface area (Å²) in [4.78, 5) is 0. The van der Waals surface area contributed by atoms with E-state index in [0.29, 0.717) is 0 Å². The lowest BCUT2D eigenvalue weighted by atomic mass is 9.96. The van der Waals surface area contributed by atoms with Gasteiger partial charge < -0.3 is 54.3 Å². The molecule has 0 radical (unpaired) electrons. The zero-order valence-electron chi connectivity index (χ0n) is 20.5. The van der Waals surface area contributed by atoms with E-state index in [4.69, 9.17) is 28.2 Å². The Morgan fingerprint density at radius 3 is 1.56 bits per heavy atom. The largest absolute Gasteiger partial charge is 0.397 e. The lowest BCUT2D eigenvalue weighted by Gasteiger charge is -2.47. The second-order valence-electron chi connectivity index (χ2n) is 9.28. The normalized spacial score (nSPS) is 48.1. The molecule has 3 fully saturated rings. The standard InChI is InChI=1S/C18H32O19S2/c1-4-7(19)14(11(23)16(24)31-4)35-18-15(37-39(28,29)30)10(22)12(5(2)33-18)34-17-9(21)8(20)13(6(3)32-17)36-38(25,26)27/h4-24H,1-3H3,(H,25,26,27)(H,28,29,30)/t4-,5-,6-,7+,8-,9-,10+,11-,12+,13+,14+,15-,16+,17-,18-/m0/s1. The van der Waals surface area contributed by atoms with E-state index in [2.05, 4.69) is 8.37 Å². The van der Waals surface area contributed by atoms with Gasteiger partial charge in [-0.1, -0.05) is 0 Å². The molecule has 0 bridgehead atoms. The maximum atomic E-state index is 11.5. The fourth-order valence-corrected chi connectivity index (χ4v) is 5.45. The Labute approximate surface area is 222 Å². The summed E-state index contributed by atoms with van der Waals surface area (Å²) in [5, 5.41) is 62.0. The molecule has 15 atom stereocenters. The lowest BCUT2D eigenvalue weighted by molar-refractivity contribution is -0.368. The Balaban J connectivity index is 1.80. The van der Waals surface area contributed by atoms with Crippen LogP contribution in [0.1, 0.15) is 20.8 Å². The van der Waals surface area contributed by atoms with Crippen molar-refractivity contribution in [2.24, 2.45) is 0 Å². The van der Waals surface area contributed by atoms with Gasteiger partial charge in [0.25, 0.3) is 0 Å². The van der Waals surface area contributed by atoms with E-state index in [0.717, 1.165) is 0 Å². The first kappa shape index (κ1) is 32.8. The van der Waals surface area contributed by atoms with Gasteiger partial charge in [0.1, 0.15) is 48.8 Å². The highest BCUT2D eigenvalue weighted by atomic mass is 32.3. The van der Waals surface area contributed by atoms with Gasteiger partial charge in [0.2, 0.25) is 0 Å². The van der Waals surface area contributed by atoms with E-state index in [1.165, 1.54) is 20.8 Å². The van der Waals surface area contributed by atoms with Crippen molar-refractivity contribution in [3.05, 3.63) is 0 Å². The summed E-state index contributed by atoms with van der Waals surface area (Å²) in [6.45, 7) is 3.82. The van der Waals surface area contributed by atoms with Crippen LogP contribution in [0.3, 0.4) is 0 Å². The van der Waals surface area contributed by atoms with Gasteiger partial charge in [0.05, 0.1) is 18.3 Å². The molecule has 8 N–H and O–H groups in total. The van der Waals surface area contributed by atoms with Crippen molar-refractivity contribution >= 4 is 20.8 Å². The highest BCUT2D eigenvalue weighted by molar-refractivity contribution is 7.81.